The van der Waals surface area contributed by atoms with Crippen LogP contribution in [-0.4, -0.2) is 44.9 Å². The van der Waals surface area contributed by atoms with Gasteiger partial charge in [-0.25, -0.2) is 14.8 Å². The van der Waals surface area contributed by atoms with Crippen LogP contribution in [0.25, 0.3) is 0 Å². The molecule has 1 fully saturated rings. The molecule has 1 N–H and O–H groups in total. The monoisotopic (exact) mass is 289 g/mol. The van der Waals surface area contributed by atoms with Crippen LogP contribution in [-0.2, 0) is 0 Å². The van der Waals surface area contributed by atoms with Crippen molar-refractivity contribution in [3.8, 4) is 0 Å². The lowest BCUT2D eigenvalue weighted by Crippen LogP contribution is -2.37. The number of hydrogen-bond donors (Lipinski definition) is 1. The van der Waals surface area contributed by atoms with Crippen LogP contribution in [0.2, 0.25) is 0 Å². The average Bonchev–Trinajstić information content (AvgIpc) is 2.45. The normalized spacial score (nSPS) is 15.8. The van der Waals surface area contributed by atoms with Crippen LogP contribution in [0.15, 0.2) is 12.7 Å². The van der Waals surface area contributed by atoms with Gasteiger partial charge in [0.2, 0.25) is 0 Å². The molecule has 0 aliphatic carbocycles. The summed E-state index contributed by atoms with van der Waals surface area (Å²) in [6.07, 6.45) is 1.71. The zero-order chi connectivity index (χ0) is 15.6. The summed E-state index contributed by atoms with van der Waals surface area (Å²) in [5, 5.41) is 9.00. The Morgan fingerprint density at radius 3 is 2.43 bits per heavy atom. The van der Waals surface area contributed by atoms with Crippen LogP contribution in [0.4, 0.5) is 4.79 Å². The van der Waals surface area contributed by atoms with Gasteiger partial charge in [0.05, 0.1) is 17.0 Å². The van der Waals surface area contributed by atoms with Crippen molar-refractivity contribution in [1.29, 1.82) is 0 Å². The van der Waals surface area contributed by atoms with Crippen molar-refractivity contribution >= 4 is 11.9 Å². The van der Waals surface area contributed by atoms with Crippen molar-refractivity contribution in [1.82, 2.24) is 14.9 Å². The number of carbonyl (C=O) groups excluding carboxylic acids is 1. The molecule has 1 aromatic rings. The van der Waals surface area contributed by atoms with Gasteiger partial charge >= 0.3 is 6.09 Å². The van der Waals surface area contributed by atoms with Crippen molar-refractivity contribution in [3.05, 3.63) is 35.4 Å². The molecular weight excluding hydrogens is 270 g/mol. The Morgan fingerprint density at radius 1 is 1.29 bits per heavy atom. The minimum atomic E-state index is -0.897. The second kappa shape index (κ2) is 6.03. The molecule has 21 heavy (non-hydrogen) atoms. The number of hydrogen-bond acceptors (Lipinski definition) is 4. The van der Waals surface area contributed by atoms with E-state index < -0.39 is 6.09 Å². The molecule has 1 saturated heterocycles. The Labute approximate surface area is 123 Å². The number of rotatable bonds is 3. The lowest BCUT2D eigenvalue weighted by molar-refractivity contribution is 0.104. The largest absolute Gasteiger partial charge is 0.465 e. The standard InChI is InChI=1S/C15H19N3O3/c1-4-12(19)13-9(2)16-10(3)17-14(13)11-5-7-18(8-6-11)15(20)21/h4,11H,1,5-8H2,2-3H3,(H,20,21). The quantitative estimate of drug-likeness (QED) is 0.682. The molecule has 1 aromatic heterocycles. The van der Waals surface area contributed by atoms with Gasteiger partial charge in [-0.3, -0.25) is 4.79 Å². The first-order valence-corrected chi connectivity index (χ1v) is 6.93. The second-order valence-corrected chi connectivity index (χ2v) is 5.23. The smallest absolute Gasteiger partial charge is 0.407 e. The number of aromatic nitrogens is 2. The van der Waals surface area contributed by atoms with Crippen molar-refractivity contribution < 1.29 is 14.7 Å². The number of allylic oxidation sites excluding steroid dienone is 1. The lowest BCUT2D eigenvalue weighted by Gasteiger charge is -2.30. The molecule has 0 aromatic carbocycles. The van der Waals surface area contributed by atoms with Gasteiger partial charge in [-0.05, 0) is 32.8 Å². The lowest BCUT2D eigenvalue weighted by atomic mass is 9.88. The summed E-state index contributed by atoms with van der Waals surface area (Å²) in [7, 11) is 0. The van der Waals surface area contributed by atoms with Crippen molar-refractivity contribution in [2.24, 2.45) is 0 Å². The first-order chi connectivity index (χ1) is 9.93. The number of aryl methyl sites for hydroxylation is 2. The van der Waals surface area contributed by atoms with E-state index in [4.69, 9.17) is 5.11 Å². The van der Waals surface area contributed by atoms with Crippen LogP contribution in [0.3, 0.4) is 0 Å². The van der Waals surface area contributed by atoms with E-state index in [0.717, 1.165) is 5.69 Å². The number of ketones is 1. The van der Waals surface area contributed by atoms with E-state index in [9.17, 15) is 9.59 Å². The molecule has 112 valence electrons. The fraction of sp³-hybridized carbons (Fsp3) is 0.467. The number of amides is 1. The molecule has 0 saturated carbocycles. The van der Waals surface area contributed by atoms with Crippen molar-refractivity contribution in [2.75, 3.05) is 13.1 Å². The van der Waals surface area contributed by atoms with Gasteiger partial charge in [-0.15, -0.1) is 0 Å². The molecule has 6 nitrogen and oxygen atoms in total. The van der Waals surface area contributed by atoms with Crippen LogP contribution in [0.1, 0.15) is 46.3 Å². The summed E-state index contributed by atoms with van der Waals surface area (Å²) in [6, 6.07) is 0. The summed E-state index contributed by atoms with van der Waals surface area (Å²) >= 11 is 0. The van der Waals surface area contributed by atoms with E-state index in [1.807, 2.05) is 0 Å². The second-order valence-electron chi connectivity index (χ2n) is 5.23. The van der Waals surface area contributed by atoms with E-state index in [2.05, 4.69) is 16.5 Å². The average molecular weight is 289 g/mol. The number of nitrogens with zero attached hydrogens (tertiary/aromatic N) is 3. The summed E-state index contributed by atoms with van der Waals surface area (Å²) in [5.74, 6) is 0.534. The maximum Gasteiger partial charge on any atom is 0.407 e. The van der Waals surface area contributed by atoms with Crippen molar-refractivity contribution in [2.45, 2.75) is 32.6 Å². The highest BCUT2D eigenvalue weighted by Gasteiger charge is 2.28. The fourth-order valence-corrected chi connectivity index (χ4v) is 2.79. The first kappa shape index (κ1) is 15.2. The third-order valence-corrected chi connectivity index (χ3v) is 3.81. The van der Waals surface area contributed by atoms with E-state index in [-0.39, 0.29) is 11.7 Å². The van der Waals surface area contributed by atoms with Gasteiger partial charge in [0.25, 0.3) is 0 Å². The highest BCUT2D eigenvalue weighted by Crippen LogP contribution is 2.30. The minimum Gasteiger partial charge on any atom is -0.465 e. The molecule has 1 aliphatic heterocycles. The first-order valence-electron chi connectivity index (χ1n) is 6.93. The van der Waals surface area contributed by atoms with Gasteiger partial charge in [0.15, 0.2) is 5.78 Å². The highest BCUT2D eigenvalue weighted by atomic mass is 16.4. The van der Waals surface area contributed by atoms with Gasteiger partial charge in [-0.2, -0.15) is 0 Å². The molecule has 1 aliphatic rings. The van der Waals surface area contributed by atoms with E-state index in [1.165, 1.54) is 11.0 Å². The molecule has 0 unspecified atom stereocenters. The Kier molecular flexibility index (Phi) is 4.35. The Bertz CT molecular complexity index is 590. The number of carboxylic acid groups (broad SMARTS) is 1. The molecule has 1 amide bonds. The van der Waals surface area contributed by atoms with Crippen molar-refractivity contribution in [3.63, 3.8) is 0 Å². The van der Waals surface area contributed by atoms with Gasteiger partial charge < -0.3 is 10.0 Å². The van der Waals surface area contributed by atoms with Crippen LogP contribution in [0.5, 0.6) is 0 Å². The predicted octanol–water partition coefficient (Wildman–Crippen LogP) is 2.32. The third kappa shape index (κ3) is 3.09. The Morgan fingerprint density at radius 2 is 1.90 bits per heavy atom. The minimum absolute atomic E-state index is 0.0832. The number of carbonyl (C=O) groups is 2. The van der Waals surface area contributed by atoms with E-state index in [0.29, 0.717) is 43.0 Å². The Hall–Kier alpha value is -2.24. The van der Waals surface area contributed by atoms with E-state index in [1.54, 1.807) is 13.8 Å². The summed E-state index contributed by atoms with van der Waals surface area (Å²) < 4.78 is 0. The molecule has 0 spiro atoms. The molecule has 0 atom stereocenters. The van der Waals surface area contributed by atoms with E-state index >= 15 is 0 Å². The third-order valence-electron chi connectivity index (χ3n) is 3.81. The molecular formula is C15H19N3O3. The topological polar surface area (TPSA) is 83.4 Å². The molecule has 2 heterocycles. The van der Waals surface area contributed by atoms with Gasteiger partial charge in [0.1, 0.15) is 5.82 Å². The predicted molar refractivity (Wildman–Crippen MR) is 77.6 cm³/mol. The molecule has 6 heteroatoms. The summed E-state index contributed by atoms with van der Waals surface area (Å²) in [5.41, 5.74) is 1.90. The summed E-state index contributed by atoms with van der Waals surface area (Å²) in [4.78, 5) is 33.1. The molecule has 0 radical (unpaired) electrons. The highest BCUT2D eigenvalue weighted by molar-refractivity contribution is 6.05. The Balaban J connectivity index is 2.33. The maximum atomic E-state index is 12.1. The fourth-order valence-electron chi connectivity index (χ4n) is 2.79. The maximum absolute atomic E-state index is 12.1. The zero-order valence-electron chi connectivity index (χ0n) is 12.3. The van der Waals surface area contributed by atoms with Crippen LogP contribution in [0, 0.1) is 13.8 Å². The van der Waals surface area contributed by atoms with Gasteiger partial charge in [-0.1, -0.05) is 6.58 Å². The van der Waals surface area contributed by atoms with Crippen LogP contribution < -0.4 is 0 Å². The van der Waals surface area contributed by atoms with Crippen LogP contribution >= 0.6 is 0 Å². The van der Waals surface area contributed by atoms with Gasteiger partial charge in [0, 0.05) is 19.0 Å². The molecule has 0 bridgehead atoms. The number of likely N-dealkylation sites (tertiary alicyclic amines) is 1. The number of piperidine rings is 1. The zero-order valence-corrected chi connectivity index (χ0v) is 12.3. The summed E-state index contributed by atoms with van der Waals surface area (Å²) in [6.45, 7) is 8.04. The molecule has 2 rings (SSSR count). The SMILES string of the molecule is C=CC(=O)c1c(C)nc(C)nc1C1CCN(C(=O)O)CC1.